The van der Waals surface area contributed by atoms with E-state index >= 15 is 0 Å². The van der Waals surface area contributed by atoms with E-state index in [-0.39, 0.29) is 5.69 Å². The largest absolute Gasteiger partial charge is 0.476 e. The van der Waals surface area contributed by atoms with Crippen molar-refractivity contribution in [2.24, 2.45) is 0 Å². The quantitative estimate of drug-likeness (QED) is 0.862. The number of aromatic nitrogens is 3. The smallest absolute Gasteiger partial charge is 0.358 e. The summed E-state index contributed by atoms with van der Waals surface area (Å²) in [5.74, 6) is -1.05. The molecule has 0 aliphatic carbocycles. The molecule has 1 aromatic heterocycles. The molecule has 0 amide bonds. The van der Waals surface area contributed by atoms with E-state index in [0.717, 1.165) is 13.1 Å². The molecular weight excluding hydrogens is 256 g/mol. The van der Waals surface area contributed by atoms with E-state index in [4.69, 9.17) is 5.11 Å². The van der Waals surface area contributed by atoms with Crippen molar-refractivity contribution in [2.75, 3.05) is 13.6 Å². The first-order chi connectivity index (χ1) is 9.54. The Bertz CT molecular complexity index is 594. The van der Waals surface area contributed by atoms with Gasteiger partial charge < -0.3 is 10.0 Å². The van der Waals surface area contributed by atoms with Gasteiger partial charge in [0.05, 0.1) is 12.7 Å². The van der Waals surface area contributed by atoms with Crippen molar-refractivity contribution < 1.29 is 9.90 Å². The molecule has 1 heterocycles. The highest BCUT2D eigenvalue weighted by Crippen LogP contribution is 2.06. The molecule has 0 aliphatic rings. The van der Waals surface area contributed by atoms with Crippen molar-refractivity contribution in [3.05, 3.63) is 47.3 Å². The van der Waals surface area contributed by atoms with Gasteiger partial charge in [0.1, 0.15) is 0 Å². The van der Waals surface area contributed by atoms with E-state index < -0.39 is 5.97 Å². The molecule has 0 aliphatic heterocycles. The van der Waals surface area contributed by atoms with Gasteiger partial charge in [-0.15, -0.1) is 5.10 Å². The van der Waals surface area contributed by atoms with E-state index in [9.17, 15) is 4.79 Å². The Morgan fingerprint density at radius 1 is 1.45 bits per heavy atom. The van der Waals surface area contributed by atoms with Gasteiger partial charge in [-0.3, -0.25) is 4.68 Å². The maximum Gasteiger partial charge on any atom is 0.358 e. The standard InChI is InChI=1S/C14H18N4O2/c1-11-4-3-5-12(8-11)9-17(2)6-7-18-10-13(14(19)20)15-16-18/h3-5,8,10H,6-7,9H2,1-2H3,(H,19,20). The molecular formula is C14H18N4O2. The van der Waals surface area contributed by atoms with Gasteiger partial charge in [-0.05, 0) is 19.5 Å². The molecule has 0 atom stereocenters. The SMILES string of the molecule is Cc1cccc(CN(C)CCn2cc(C(=O)O)nn2)c1. The zero-order chi connectivity index (χ0) is 14.5. The number of carboxylic acid groups (broad SMARTS) is 1. The molecule has 0 bridgehead atoms. The molecule has 6 heteroatoms. The summed E-state index contributed by atoms with van der Waals surface area (Å²) in [6.07, 6.45) is 1.45. The number of carbonyl (C=O) groups is 1. The summed E-state index contributed by atoms with van der Waals surface area (Å²) < 4.78 is 1.55. The Labute approximate surface area is 117 Å². The highest BCUT2D eigenvalue weighted by Gasteiger charge is 2.08. The number of aryl methyl sites for hydroxylation is 1. The number of hydrogen-bond acceptors (Lipinski definition) is 4. The number of nitrogens with zero attached hydrogens (tertiary/aromatic N) is 4. The van der Waals surface area contributed by atoms with Crippen molar-refractivity contribution >= 4 is 5.97 Å². The summed E-state index contributed by atoms with van der Waals surface area (Å²) >= 11 is 0. The Balaban J connectivity index is 1.85. The van der Waals surface area contributed by atoms with Crippen LogP contribution in [0.15, 0.2) is 30.5 Å². The molecule has 106 valence electrons. The first-order valence-electron chi connectivity index (χ1n) is 6.42. The van der Waals surface area contributed by atoms with Crippen LogP contribution in [0.5, 0.6) is 0 Å². The summed E-state index contributed by atoms with van der Waals surface area (Å²) in [5, 5.41) is 16.1. The Kier molecular flexibility index (Phi) is 4.47. The Hall–Kier alpha value is -2.21. The molecule has 0 fully saturated rings. The van der Waals surface area contributed by atoms with Gasteiger partial charge >= 0.3 is 5.97 Å². The molecule has 0 radical (unpaired) electrons. The van der Waals surface area contributed by atoms with Crippen LogP contribution in [0.2, 0.25) is 0 Å². The lowest BCUT2D eigenvalue weighted by molar-refractivity contribution is 0.0690. The average molecular weight is 274 g/mol. The number of hydrogen-bond donors (Lipinski definition) is 1. The Morgan fingerprint density at radius 2 is 2.25 bits per heavy atom. The number of rotatable bonds is 6. The zero-order valence-electron chi connectivity index (χ0n) is 11.7. The third-order valence-electron chi connectivity index (χ3n) is 3.00. The summed E-state index contributed by atoms with van der Waals surface area (Å²) in [6, 6.07) is 8.39. The number of likely N-dealkylation sites (N-methyl/N-ethyl adjacent to an activating group) is 1. The minimum Gasteiger partial charge on any atom is -0.476 e. The predicted molar refractivity (Wildman–Crippen MR) is 74.5 cm³/mol. The average Bonchev–Trinajstić information content (AvgIpc) is 2.85. The van der Waals surface area contributed by atoms with Gasteiger partial charge in [-0.2, -0.15) is 0 Å². The fourth-order valence-electron chi connectivity index (χ4n) is 1.98. The zero-order valence-corrected chi connectivity index (χ0v) is 11.7. The first kappa shape index (κ1) is 14.2. The summed E-state index contributed by atoms with van der Waals surface area (Å²) in [7, 11) is 2.03. The van der Waals surface area contributed by atoms with Crippen molar-refractivity contribution in [1.82, 2.24) is 19.9 Å². The summed E-state index contributed by atoms with van der Waals surface area (Å²) in [6.45, 7) is 4.31. The third kappa shape index (κ3) is 3.89. The first-order valence-corrected chi connectivity index (χ1v) is 6.42. The molecule has 1 N–H and O–H groups in total. The lowest BCUT2D eigenvalue weighted by atomic mass is 10.1. The molecule has 1 aromatic carbocycles. The van der Waals surface area contributed by atoms with Crippen LogP contribution in [-0.4, -0.2) is 44.6 Å². The molecule has 0 saturated heterocycles. The maximum absolute atomic E-state index is 10.7. The van der Waals surface area contributed by atoms with Gasteiger partial charge in [0.25, 0.3) is 0 Å². The van der Waals surface area contributed by atoms with Crippen LogP contribution in [-0.2, 0) is 13.1 Å². The second-order valence-corrected chi connectivity index (χ2v) is 4.90. The van der Waals surface area contributed by atoms with Gasteiger partial charge in [0, 0.05) is 13.1 Å². The van der Waals surface area contributed by atoms with E-state index in [2.05, 4.69) is 46.4 Å². The van der Waals surface area contributed by atoms with E-state index in [1.54, 1.807) is 4.68 Å². The monoisotopic (exact) mass is 274 g/mol. The van der Waals surface area contributed by atoms with Crippen molar-refractivity contribution in [2.45, 2.75) is 20.0 Å². The summed E-state index contributed by atoms with van der Waals surface area (Å²) in [4.78, 5) is 12.9. The lowest BCUT2D eigenvalue weighted by Gasteiger charge is -2.16. The molecule has 0 unspecified atom stereocenters. The highest BCUT2D eigenvalue weighted by molar-refractivity contribution is 5.84. The maximum atomic E-state index is 10.7. The molecule has 0 spiro atoms. The van der Waals surface area contributed by atoms with Crippen molar-refractivity contribution in [3.8, 4) is 0 Å². The molecule has 2 aromatic rings. The van der Waals surface area contributed by atoms with Crippen LogP contribution in [0, 0.1) is 6.92 Å². The predicted octanol–water partition coefficient (Wildman–Crippen LogP) is 1.42. The fourth-order valence-corrected chi connectivity index (χ4v) is 1.98. The minimum absolute atomic E-state index is 0.0219. The molecule has 0 saturated carbocycles. The van der Waals surface area contributed by atoms with Crippen LogP contribution in [0.1, 0.15) is 21.6 Å². The second-order valence-electron chi connectivity index (χ2n) is 4.90. The number of benzene rings is 1. The summed E-state index contributed by atoms with van der Waals surface area (Å²) in [5.41, 5.74) is 2.49. The van der Waals surface area contributed by atoms with Crippen LogP contribution >= 0.6 is 0 Å². The molecule has 2 rings (SSSR count). The van der Waals surface area contributed by atoms with Crippen molar-refractivity contribution in [1.29, 1.82) is 0 Å². The van der Waals surface area contributed by atoms with Crippen LogP contribution in [0.4, 0.5) is 0 Å². The fraction of sp³-hybridized carbons (Fsp3) is 0.357. The van der Waals surface area contributed by atoms with Crippen LogP contribution in [0.25, 0.3) is 0 Å². The Morgan fingerprint density at radius 3 is 2.90 bits per heavy atom. The highest BCUT2D eigenvalue weighted by atomic mass is 16.4. The van der Waals surface area contributed by atoms with E-state index in [1.807, 2.05) is 7.05 Å². The van der Waals surface area contributed by atoms with E-state index in [1.165, 1.54) is 17.3 Å². The van der Waals surface area contributed by atoms with Gasteiger partial charge in [0.15, 0.2) is 5.69 Å². The van der Waals surface area contributed by atoms with Crippen molar-refractivity contribution in [3.63, 3.8) is 0 Å². The normalized spacial score (nSPS) is 10.9. The minimum atomic E-state index is -1.05. The molecule has 20 heavy (non-hydrogen) atoms. The second kappa shape index (κ2) is 6.29. The van der Waals surface area contributed by atoms with Crippen LogP contribution in [0.3, 0.4) is 0 Å². The number of carboxylic acids is 1. The third-order valence-corrected chi connectivity index (χ3v) is 3.00. The topological polar surface area (TPSA) is 71.2 Å². The van der Waals surface area contributed by atoms with E-state index in [0.29, 0.717) is 6.54 Å². The number of aromatic carboxylic acids is 1. The van der Waals surface area contributed by atoms with Gasteiger partial charge in [-0.25, -0.2) is 4.79 Å². The van der Waals surface area contributed by atoms with Crippen LogP contribution < -0.4 is 0 Å². The molecule has 6 nitrogen and oxygen atoms in total. The van der Waals surface area contributed by atoms with Gasteiger partial charge in [0.2, 0.25) is 0 Å². The van der Waals surface area contributed by atoms with Gasteiger partial charge in [-0.1, -0.05) is 35.0 Å². The lowest BCUT2D eigenvalue weighted by Crippen LogP contribution is -2.23.